The minimum atomic E-state index is -0.540. The van der Waals surface area contributed by atoms with E-state index in [4.69, 9.17) is 14.2 Å². The summed E-state index contributed by atoms with van der Waals surface area (Å²) < 4.78 is 17.5. The van der Waals surface area contributed by atoms with Gasteiger partial charge in [-0.2, -0.15) is 0 Å². The first-order valence-electron chi connectivity index (χ1n) is 30.2. The largest absolute Gasteiger partial charge is 0.462 e. The fourth-order valence-electron chi connectivity index (χ4n) is 8.81. The minimum absolute atomic E-state index is 0.0838. The van der Waals surface area contributed by atoms with Crippen molar-refractivity contribution in [2.45, 2.75) is 322 Å². The van der Waals surface area contributed by atoms with Crippen LogP contribution in [0.25, 0.3) is 0 Å². The van der Waals surface area contributed by atoms with Gasteiger partial charge in [0.15, 0.2) is 6.10 Å². The maximum absolute atomic E-state index is 12.9. The molecule has 1 atom stereocenters. The number of esters is 2. The summed E-state index contributed by atoms with van der Waals surface area (Å²) in [5.41, 5.74) is 0. The Labute approximate surface area is 424 Å². The average Bonchev–Trinajstić information content (AvgIpc) is 3.34. The van der Waals surface area contributed by atoms with Gasteiger partial charge in [0, 0.05) is 19.4 Å². The molecule has 0 fully saturated rings. The van der Waals surface area contributed by atoms with Crippen molar-refractivity contribution in [2.24, 2.45) is 0 Å². The van der Waals surface area contributed by atoms with Gasteiger partial charge in [-0.15, -0.1) is 0 Å². The number of ether oxygens (including phenoxy) is 3. The van der Waals surface area contributed by atoms with E-state index < -0.39 is 6.10 Å². The van der Waals surface area contributed by atoms with E-state index in [-0.39, 0.29) is 25.2 Å². The third-order valence-electron chi connectivity index (χ3n) is 13.3. The summed E-state index contributed by atoms with van der Waals surface area (Å²) in [5, 5.41) is 0. The molecule has 0 aromatic carbocycles. The van der Waals surface area contributed by atoms with E-state index in [2.05, 4.69) is 69.4 Å². The highest BCUT2D eigenvalue weighted by atomic mass is 16.6. The third-order valence-corrected chi connectivity index (χ3v) is 13.3. The fourth-order valence-corrected chi connectivity index (χ4v) is 8.81. The van der Waals surface area contributed by atoms with Crippen LogP contribution in [0.5, 0.6) is 0 Å². The number of carbonyl (C=O) groups is 2. The van der Waals surface area contributed by atoms with E-state index in [1.165, 1.54) is 231 Å². The summed E-state index contributed by atoms with van der Waals surface area (Å²) in [6.07, 6.45) is 74.2. The SMILES string of the molecule is CCCCC/C=C\C/C=C\CCCCCCCCCCCC(=O)OCC(COCCCCCCCCCCCCCCCCCC)OC(=O)CCCCCCCCC/C=C\C/C=C\CCCCC. The molecular weight excluding hydrogens is 837 g/mol. The first kappa shape index (κ1) is 65.9. The summed E-state index contributed by atoms with van der Waals surface area (Å²) in [7, 11) is 0. The number of rotatable bonds is 56. The zero-order valence-electron chi connectivity index (χ0n) is 45.9. The van der Waals surface area contributed by atoms with E-state index in [1.54, 1.807) is 0 Å². The van der Waals surface area contributed by atoms with Crippen LogP contribution in [0.3, 0.4) is 0 Å². The molecular formula is C63H116O5. The Morgan fingerprint density at radius 2 is 0.618 bits per heavy atom. The summed E-state index contributed by atoms with van der Waals surface area (Å²) >= 11 is 0. The van der Waals surface area contributed by atoms with Crippen LogP contribution in [-0.2, 0) is 23.8 Å². The summed E-state index contributed by atoms with van der Waals surface area (Å²) in [5.74, 6) is -0.393. The van der Waals surface area contributed by atoms with Crippen molar-refractivity contribution in [3.8, 4) is 0 Å². The zero-order chi connectivity index (χ0) is 49.2. The van der Waals surface area contributed by atoms with Crippen LogP contribution in [0.2, 0.25) is 0 Å². The van der Waals surface area contributed by atoms with Crippen LogP contribution < -0.4 is 0 Å². The van der Waals surface area contributed by atoms with Gasteiger partial charge in [0.05, 0.1) is 6.61 Å². The van der Waals surface area contributed by atoms with Crippen molar-refractivity contribution in [1.82, 2.24) is 0 Å². The van der Waals surface area contributed by atoms with E-state index in [1.807, 2.05) is 0 Å². The smallest absolute Gasteiger partial charge is 0.306 e. The molecule has 0 radical (unpaired) electrons. The Bertz CT molecular complexity index is 1120. The maximum Gasteiger partial charge on any atom is 0.306 e. The second kappa shape index (κ2) is 59.2. The molecule has 0 aromatic rings. The highest BCUT2D eigenvalue weighted by Crippen LogP contribution is 2.16. The van der Waals surface area contributed by atoms with Crippen molar-refractivity contribution in [3.05, 3.63) is 48.6 Å². The van der Waals surface area contributed by atoms with Gasteiger partial charge in [0.25, 0.3) is 0 Å². The molecule has 0 saturated heterocycles. The highest BCUT2D eigenvalue weighted by molar-refractivity contribution is 5.70. The lowest BCUT2D eigenvalue weighted by Gasteiger charge is -2.18. The Balaban J connectivity index is 4.26. The van der Waals surface area contributed by atoms with Crippen molar-refractivity contribution in [1.29, 1.82) is 0 Å². The monoisotopic (exact) mass is 953 g/mol. The normalized spacial score (nSPS) is 12.5. The van der Waals surface area contributed by atoms with E-state index in [0.29, 0.717) is 19.4 Å². The number of allylic oxidation sites excluding steroid dienone is 8. The second-order valence-corrected chi connectivity index (χ2v) is 20.3. The van der Waals surface area contributed by atoms with E-state index in [0.717, 1.165) is 51.4 Å². The van der Waals surface area contributed by atoms with E-state index in [9.17, 15) is 9.59 Å². The van der Waals surface area contributed by atoms with Gasteiger partial charge < -0.3 is 14.2 Å². The van der Waals surface area contributed by atoms with Gasteiger partial charge in [-0.05, 0) is 83.5 Å². The Hall–Kier alpha value is -2.14. The number of hydrogen-bond donors (Lipinski definition) is 0. The zero-order valence-corrected chi connectivity index (χ0v) is 45.9. The lowest BCUT2D eigenvalue weighted by Crippen LogP contribution is -2.30. The summed E-state index contributed by atoms with van der Waals surface area (Å²) in [4.78, 5) is 25.6. The van der Waals surface area contributed by atoms with Crippen LogP contribution in [0.15, 0.2) is 48.6 Å². The van der Waals surface area contributed by atoms with Crippen LogP contribution in [-0.4, -0.2) is 37.9 Å². The lowest BCUT2D eigenvalue weighted by molar-refractivity contribution is -0.163. The first-order chi connectivity index (χ1) is 33.6. The van der Waals surface area contributed by atoms with Crippen LogP contribution in [0, 0.1) is 0 Å². The topological polar surface area (TPSA) is 61.8 Å². The highest BCUT2D eigenvalue weighted by Gasteiger charge is 2.17. The molecule has 68 heavy (non-hydrogen) atoms. The number of unbranched alkanes of at least 4 members (excludes halogenated alkanes) is 37. The Morgan fingerprint density at radius 3 is 1.00 bits per heavy atom. The molecule has 0 aliphatic rings. The minimum Gasteiger partial charge on any atom is -0.462 e. The van der Waals surface area contributed by atoms with Crippen molar-refractivity contribution in [3.63, 3.8) is 0 Å². The van der Waals surface area contributed by atoms with Crippen molar-refractivity contribution >= 4 is 11.9 Å². The maximum atomic E-state index is 12.9. The van der Waals surface area contributed by atoms with E-state index >= 15 is 0 Å². The molecule has 1 unspecified atom stereocenters. The van der Waals surface area contributed by atoms with Crippen LogP contribution in [0.1, 0.15) is 316 Å². The predicted octanol–water partition coefficient (Wildman–Crippen LogP) is 20.7. The quantitative estimate of drug-likeness (QED) is 0.0345. The van der Waals surface area contributed by atoms with Gasteiger partial charge in [0.2, 0.25) is 0 Å². The summed E-state index contributed by atoms with van der Waals surface area (Å²) in [6.45, 7) is 7.83. The fraction of sp³-hybridized carbons (Fsp3) is 0.841. The third kappa shape index (κ3) is 56.4. The molecule has 0 saturated carbocycles. The summed E-state index contributed by atoms with van der Waals surface area (Å²) in [6, 6.07) is 0. The van der Waals surface area contributed by atoms with Gasteiger partial charge in [-0.3, -0.25) is 9.59 Å². The molecule has 0 rings (SSSR count). The molecule has 0 aliphatic carbocycles. The molecule has 0 spiro atoms. The second-order valence-electron chi connectivity index (χ2n) is 20.3. The van der Waals surface area contributed by atoms with Gasteiger partial charge >= 0.3 is 11.9 Å². The molecule has 0 heterocycles. The van der Waals surface area contributed by atoms with Crippen LogP contribution in [0.4, 0.5) is 0 Å². The lowest BCUT2D eigenvalue weighted by atomic mass is 10.0. The van der Waals surface area contributed by atoms with Crippen molar-refractivity contribution in [2.75, 3.05) is 19.8 Å². The molecule has 0 amide bonds. The Morgan fingerprint density at radius 1 is 0.324 bits per heavy atom. The number of hydrogen-bond acceptors (Lipinski definition) is 5. The average molecular weight is 954 g/mol. The molecule has 5 heteroatoms. The standard InChI is InChI=1S/C63H116O5/c1-4-7-10-13-16-19-22-25-28-31-32-34-35-38-41-44-47-50-53-56-62(64)67-60-61(59-66-58-55-52-49-46-43-40-37-30-27-24-21-18-15-12-9-6-3)68-63(65)57-54-51-48-45-42-39-36-33-29-26-23-20-17-14-11-8-5-2/h16-17,19-20,25-26,28-29,61H,4-15,18,21-24,27,30-60H2,1-3H3/b19-16-,20-17-,28-25-,29-26-. The predicted molar refractivity (Wildman–Crippen MR) is 298 cm³/mol. The van der Waals surface area contributed by atoms with Crippen LogP contribution >= 0.6 is 0 Å². The molecule has 0 N–H and O–H groups in total. The van der Waals surface area contributed by atoms with Gasteiger partial charge in [-0.1, -0.05) is 268 Å². The van der Waals surface area contributed by atoms with Gasteiger partial charge in [-0.25, -0.2) is 0 Å². The first-order valence-corrected chi connectivity index (χ1v) is 30.2. The molecule has 0 aromatic heterocycles. The molecule has 398 valence electrons. The molecule has 0 aliphatic heterocycles. The molecule has 5 nitrogen and oxygen atoms in total. The van der Waals surface area contributed by atoms with Gasteiger partial charge in [0.1, 0.15) is 6.61 Å². The van der Waals surface area contributed by atoms with Crippen molar-refractivity contribution < 1.29 is 23.8 Å². The molecule has 0 bridgehead atoms. The Kier molecular flexibility index (Phi) is 57.3. The number of carbonyl (C=O) groups excluding carboxylic acids is 2.